The molecular formula is C36H36N8O. The fourth-order valence-electron chi connectivity index (χ4n) is 7.16. The van der Waals surface area contributed by atoms with E-state index in [0.717, 1.165) is 71.6 Å². The monoisotopic (exact) mass is 596 g/mol. The highest BCUT2D eigenvalue weighted by Gasteiger charge is 2.37. The first kappa shape index (κ1) is 27.5. The number of anilines is 6. The predicted octanol–water partition coefficient (Wildman–Crippen LogP) is 6.54. The van der Waals surface area contributed by atoms with E-state index in [4.69, 9.17) is 0 Å². The molecular weight excluding hydrogens is 560 g/mol. The smallest absolute Gasteiger partial charge is 0.256 e. The maximum atomic E-state index is 13.5. The lowest BCUT2D eigenvalue weighted by molar-refractivity contribution is 0.102. The molecule has 2 bridgehead atoms. The van der Waals surface area contributed by atoms with E-state index in [1.807, 2.05) is 54.9 Å². The van der Waals surface area contributed by atoms with Crippen molar-refractivity contribution >= 4 is 51.1 Å². The molecule has 5 aromatic rings. The van der Waals surface area contributed by atoms with Gasteiger partial charge in [0.1, 0.15) is 5.82 Å². The van der Waals surface area contributed by atoms with E-state index in [1.165, 1.54) is 24.1 Å². The van der Waals surface area contributed by atoms with E-state index in [-0.39, 0.29) is 5.91 Å². The van der Waals surface area contributed by atoms with Gasteiger partial charge in [-0.1, -0.05) is 6.07 Å². The van der Waals surface area contributed by atoms with Crippen LogP contribution >= 0.6 is 0 Å². The fourth-order valence-corrected chi connectivity index (χ4v) is 7.16. The quantitative estimate of drug-likeness (QED) is 0.211. The summed E-state index contributed by atoms with van der Waals surface area (Å²) in [6.45, 7) is 2.11. The lowest BCUT2D eigenvalue weighted by atomic mass is 10.00. The van der Waals surface area contributed by atoms with Gasteiger partial charge in [0.25, 0.3) is 5.91 Å². The number of amides is 1. The van der Waals surface area contributed by atoms with Crippen LogP contribution in [0.2, 0.25) is 0 Å². The highest BCUT2D eigenvalue weighted by molar-refractivity contribution is 6.05. The second-order valence-electron chi connectivity index (χ2n) is 12.4. The van der Waals surface area contributed by atoms with Crippen LogP contribution in [0.3, 0.4) is 0 Å². The van der Waals surface area contributed by atoms with Crippen LogP contribution in [0.15, 0.2) is 85.5 Å². The van der Waals surface area contributed by atoms with Gasteiger partial charge in [-0.05, 0) is 99.3 Å². The molecule has 0 aliphatic carbocycles. The number of aryl methyl sites for hydroxylation is 1. The summed E-state index contributed by atoms with van der Waals surface area (Å²) in [5.41, 5.74) is 8.72. The Kier molecular flexibility index (Phi) is 7.02. The van der Waals surface area contributed by atoms with Crippen LogP contribution < -0.4 is 20.9 Å². The van der Waals surface area contributed by atoms with Gasteiger partial charge in [-0.2, -0.15) is 0 Å². The van der Waals surface area contributed by atoms with Crippen LogP contribution in [-0.4, -0.2) is 58.0 Å². The first-order valence-corrected chi connectivity index (χ1v) is 15.8. The molecule has 2 aromatic carbocycles. The van der Waals surface area contributed by atoms with Crippen molar-refractivity contribution in [2.24, 2.45) is 0 Å². The van der Waals surface area contributed by atoms with Crippen molar-refractivity contribution in [2.75, 3.05) is 41.0 Å². The van der Waals surface area contributed by atoms with Crippen LogP contribution in [0.1, 0.15) is 40.7 Å². The van der Waals surface area contributed by atoms with Gasteiger partial charge in [-0.15, -0.1) is 0 Å². The van der Waals surface area contributed by atoms with Crippen LogP contribution in [0.25, 0.3) is 10.9 Å². The highest BCUT2D eigenvalue weighted by atomic mass is 16.1. The molecule has 2 atom stereocenters. The summed E-state index contributed by atoms with van der Waals surface area (Å²) >= 11 is 0. The van der Waals surface area contributed by atoms with Crippen molar-refractivity contribution in [2.45, 2.75) is 44.2 Å². The summed E-state index contributed by atoms with van der Waals surface area (Å²) in [5.74, 6) is 0.392. The lowest BCUT2D eigenvalue weighted by Crippen LogP contribution is -2.52. The number of hydrogen-bond donors (Lipinski definition) is 3. The number of fused-ring (bicyclic) bond motifs is 5. The summed E-state index contributed by atoms with van der Waals surface area (Å²) in [6.07, 6.45) is 12.5. The van der Waals surface area contributed by atoms with E-state index >= 15 is 0 Å². The van der Waals surface area contributed by atoms with E-state index in [0.29, 0.717) is 23.5 Å². The number of likely N-dealkylation sites (N-methyl/N-ethyl adjacent to an activating group) is 1. The van der Waals surface area contributed by atoms with Gasteiger partial charge in [0.05, 0.1) is 5.52 Å². The van der Waals surface area contributed by atoms with Gasteiger partial charge in [-0.3, -0.25) is 19.7 Å². The van der Waals surface area contributed by atoms with E-state index in [9.17, 15) is 4.79 Å². The van der Waals surface area contributed by atoms with Gasteiger partial charge in [0.2, 0.25) is 0 Å². The standard InChI is InChI=1S/C36H36N8O/c1-43-27-8-9-28(43)22-44(21-27)26-10-11-32-30(19-26)34(13-16-38-32)40-25-6-2-4-23(18-25)36(45)42-35-29-7-3-5-24-20-37-15-12-31(24)41-33(29)14-17-39-35/h2,4,6,10-20,27-28,41H,3,5,7-9,21-22H2,1H3,(H,38,40)(H,39,42,45). The third-order valence-corrected chi connectivity index (χ3v) is 9.67. The zero-order valence-corrected chi connectivity index (χ0v) is 25.3. The molecule has 6 heterocycles. The highest BCUT2D eigenvalue weighted by Crippen LogP contribution is 2.35. The molecule has 45 heavy (non-hydrogen) atoms. The van der Waals surface area contributed by atoms with Crippen LogP contribution in [0.4, 0.5) is 34.3 Å². The number of carbonyl (C=O) groups excluding carboxylic acids is 1. The minimum absolute atomic E-state index is 0.197. The van der Waals surface area contributed by atoms with Gasteiger partial charge >= 0.3 is 0 Å². The minimum atomic E-state index is -0.197. The Morgan fingerprint density at radius 3 is 2.64 bits per heavy atom. The zero-order chi connectivity index (χ0) is 30.3. The minimum Gasteiger partial charge on any atom is -0.368 e. The Hall–Kier alpha value is -5.02. The molecule has 3 aliphatic rings. The van der Waals surface area contributed by atoms with E-state index < -0.39 is 0 Å². The topological polar surface area (TPSA) is 98.3 Å². The molecule has 3 aromatic heterocycles. The Morgan fingerprint density at radius 2 is 1.76 bits per heavy atom. The molecule has 8 rings (SSSR count). The summed E-state index contributed by atoms with van der Waals surface area (Å²) < 4.78 is 0. The molecule has 9 nitrogen and oxygen atoms in total. The average molecular weight is 597 g/mol. The van der Waals surface area contributed by atoms with Crippen LogP contribution in [-0.2, 0) is 12.8 Å². The molecule has 2 fully saturated rings. The third-order valence-electron chi connectivity index (χ3n) is 9.67. The molecule has 2 saturated heterocycles. The normalized spacial score (nSPS) is 19.2. The third kappa shape index (κ3) is 5.33. The van der Waals surface area contributed by atoms with Crippen molar-refractivity contribution in [1.82, 2.24) is 19.9 Å². The summed E-state index contributed by atoms with van der Waals surface area (Å²) in [6, 6.07) is 21.4. The Morgan fingerprint density at radius 1 is 0.911 bits per heavy atom. The molecule has 2 unspecified atom stereocenters. The molecule has 226 valence electrons. The maximum Gasteiger partial charge on any atom is 0.256 e. The number of aromatic nitrogens is 3. The Bertz CT molecular complexity index is 1890. The van der Waals surface area contributed by atoms with Gasteiger partial charge in [-0.25, -0.2) is 4.98 Å². The second kappa shape index (κ2) is 11.5. The molecule has 3 N–H and O–H groups in total. The summed E-state index contributed by atoms with van der Waals surface area (Å²) in [5, 5.41) is 11.3. The van der Waals surface area contributed by atoms with Crippen LogP contribution in [0.5, 0.6) is 0 Å². The molecule has 1 amide bonds. The van der Waals surface area contributed by atoms with E-state index in [2.05, 4.69) is 65.9 Å². The first-order valence-electron chi connectivity index (χ1n) is 15.8. The van der Waals surface area contributed by atoms with Gasteiger partial charge < -0.3 is 20.9 Å². The second-order valence-corrected chi connectivity index (χ2v) is 12.4. The number of nitrogens with one attached hydrogen (secondary N) is 3. The van der Waals surface area contributed by atoms with Gasteiger partial charge in [0, 0.05) is 94.9 Å². The number of piperazine rings is 1. The van der Waals surface area contributed by atoms with Crippen molar-refractivity contribution in [3.05, 3.63) is 102 Å². The van der Waals surface area contributed by atoms with Gasteiger partial charge in [0.15, 0.2) is 0 Å². The number of pyridine rings is 3. The zero-order valence-electron chi connectivity index (χ0n) is 25.3. The molecule has 3 aliphatic heterocycles. The Labute approximate surface area is 262 Å². The fraction of sp³-hybridized carbons (Fsp3) is 0.278. The summed E-state index contributed by atoms with van der Waals surface area (Å²) in [4.78, 5) is 32.1. The summed E-state index contributed by atoms with van der Waals surface area (Å²) in [7, 11) is 2.27. The maximum absolute atomic E-state index is 13.5. The molecule has 0 saturated carbocycles. The number of benzene rings is 2. The number of hydrogen-bond acceptors (Lipinski definition) is 8. The Balaban J connectivity index is 1.03. The molecule has 0 radical (unpaired) electrons. The van der Waals surface area contributed by atoms with Crippen molar-refractivity contribution < 1.29 is 4.79 Å². The lowest BCUT2D eigenvalue weighted by Gasteiger charge is -2.40. The van der Waals surface area contributed by atoms with Crippen molar-refractivity contribution in [1.29, 1.82) is 0 Å². The van der Waals surface area contributed by atoms with Crippen molar-refractivity contribution in [3.8, 4) is 0 Å². The largest absolute Gasteiger partial charge is 0.368 e. The number of carbonyl (C=O) groups is 1. The number of rotatable bonds is 5. The SMILES string of the molecule is CN1C2CCC1CN(c1ccc3nccc(Nc4cccc(C(=O)Nc5nccc6c5CCCc5cnccc5N6)c4)c3c1)C2. The molecule has 9 heteroatoms. The van der Waals surface area contributed by atoms with Crippen LogP contribution in [0, 0.1) is 0 Å². The van der Waals surface area contributed by atoms with E-state index in [1.54, 1.807) is 12.4 Å². The molecule has 0 spiro atoms. The van der Waals surface area contributed by atoms with Crippen molar-refractivity contribution in [3.63, 3.8) is 0 Å². The number of nitrogens with zero attached hydrogens (tertiary/aromatic N) is 5. The average Bonchev–Trinajstić information content (AvgIpc) is 3.24. The first-order chi connectivity index (χ1) is 22.1. The predicted molar refractivity (Wildman–Crippen MR) is 180 cm³/mol.